The van der Waals surface area contributed by atoms with Crippen molar-refractivity contribution in [3.63, 3.8) is 0 Å². The summed E-state index contributed by atoms with van der Waals surface area (Å²) >= 11 is 7.53. The van der Waals surface area contributed by atoms with Crippen LogP contribution in [-0.4, -0.2) is 55.3 Å². The average molecular weight is 489 g/mol. The summed E-state index contributed by atoms with van der Waals surface area (Å²) in [6.45, 7) is 3.92. The maximum absolute atomic E-state index is 12.5. The van der Waals surface area contributed by atoms with E-state index in [1.165, 1.54) is 12.8 Å². The molecule has 2 unspecified atom stereocenters. The molecule has 3 heterocycles. The molecule has 2 spiro atoms. The van der Waals surface area contributed by atoms with Crippen molar-refractivity contribution in [3.05, 3.63) is 24.3 Å². The summed E-state index contributed by atoms with van der Waals surface area (Å²) in [5.41, 5.74) is 0. The Kier molecular flexibility index (Phi) is 9.47. The smallest absolute Gasteiger partial charge is 0.330 e. The van der Waals surface area contributed by atoms with Gasteiger partial charge in [-0.15, -0.1) is 47.0 Å². The van der Waals surface area contributed by atoms with Crippen LogP contribution in [0.2, 0.25) is 0 Å². The van der Waals surface area contributed by atoms with Crippen molar-refractivity contribution < 1.29 is 19.1 Å². The number of carbonyl (C=O) groups excluding carboxylic acids is 2. The van der Waals surface area contributed by atoms with E-state index in [-0.39, 0.29) is 32.3 Å². The summed E-state index contributed by atoms with van der Waals surface area (Å²) in [5.74, 6) is 3.81. The lowest BCUT2D eigenvalue weighted by Gasteiger charge is -2.35. The van der Waals surface area contributed by atoms with Crippen molar-refractivity contribution in [2.45, 2.75) is 72.7 Å². The summed E-state index contributed by atoms with van der Waals surface area (Å²) in [7, 11) is 0. The zero-order chi connectivity index (χ0) is 21.5. The fourth-order valence-electron chi connectivity index (χ4n) is 3.62. The van der Waals surface area contributed by atoms with Gasteiger partial charge in [-0.05, 0) is 75.4 Å². The van der Waals surface area contributed by atoms with E-state index in [9.17, 15) is 9.59 Å². The second kappa shape index (κ2) is 11.6. The molecule has 2 saturated heterocycles. The first kappa shape index (κ1) is 24.5. The van der Waals surface area contributed by atoms with Crippen molar-refractivity contribution in [1.82, 2.24) is 0 Å². The molecule has 0 aromatic heterocycles. The first-order chi connectivity index (χ1) is 14.4. The van der Waals surface area contributed by atoms with Crippen LogP contribution in [0.3, 0.4) is 0 Å². The molecule has 4 nitrogen and oxygen atoms in total. The quantitative estimate of drug-likeness (QED) is 0.404. The van der Waals surface area contributed by atoms with E-state index in [0.29, 0.717) is 0 Å². The summed E-state index contributed by atoms with van der Waals surface area (Å²) in [4.78, 5) is 24.9. The third-order valence-electron chi connectivity index (χ3n) is 5.34. The molecule has 0 N–H and O–H groups in total. The van der Waals surface area contributed by atoms with Gasteiger partial charge in [0.1, 0.15) is 0 Å². The minimum absolute atomic E-state index is 0.145. The highest BCUT2D eigenvalue weighted by Gasteiger charge is 2.34. The molecule has 0 aliphatic carbocycles. The van der Waals surface area contributed by atoms with E-state index in [1.54, 1.807) is 12.2 Å². The van der Waals surface area contributed by atoms with E-state index in [1.807, 2.05) is 73.0 Å². The fraction of sp³-hybridized carbons (Fsp3) is 0.727. The second-order valence-electron chi connectivity index (χ2n) is 7.96. The van der Waals surface area contributed by atoms with Crippen LogP contribution in [-0.2, 0) is 19.1 Å². The van der Waals surface area contributed by atoms with Gasteiger partial charge in [0, 0.05) is 12.2 Å². The molecule has 0 aromatic carbocycles. The van der Waals surface area contributed by atoms with Crippen molar-refractivity contribution in [2.75, 3.05) is 23.0 Å². The van der Waals surface area contributed by atoms with Crippen molar-refractivity contribution in [2.24, 2.45) is 0 Å². The first-order valence-electron chi connectivity index (χ1n) is 10.8. The van der Waals surface area contributed by atoms with Crippen LogP contribution in [0.5, 0.6) is 0 Å². The topological polar surface area (TPSA) is 52.6 Å². The van der Waals surface area contributed by atoms with Crippen molar-refractivity contribution in [1.29, 1.82) is 0 Å². The average Bonchev–Trinajstić information content (AvgIpc) is 2.75. The Hall–Kier alpha value is -0.180. The predicted octanol–water partition coefficient (Wildman–Crippen LogP) is 5.67. The lowest BCUT2D eigenvalue weighted by molar-refractivity contribution is -0.143. The molecule has 168 valence electrons. The Labute approximate surface area is 197 Å². The van der Waals surface area contributed by atoms with Gasteiger partial charge in [-0.3, -0.25) is 0 Å². The molecule has 0 aromatic rings. The van der Waals surface area contributed by atoms with Gasteiger partial charge in [-0.1, -0.05) is 12.2 Å². The molecular formula is C22H32O4S4. The number of hydrogen-bond donors (Lipinski definition) is 0. The van der Waals surface area contributed by atoms with Crippen LogP contribution in [0.15, 0.2) is 24.3 Å². The van der Waals surface area contributed by atoms with Gasteiger partial charge < -0.3 is 9.47 Å². The van der Waals surface area contributed by atoms with E-state index in [2.05, 4.69) is 0 Å². The van der Waals surface area contributed by atoms with Crippen molar-refractivity contribution in [3.8, 4) is 0 Å². The van der Waals surface area contributed by atoms with E-state index < -0.39 is 0 Å². The first-order valence-corrected chi connectivity index (χ1v) is 14.7. The number of ether oxygens (including phenoxy) is 2. The number of cyclic esters (lactones) is 2. The number of rotatable bonds is 0. The molecule has 2 fully saturated rings. The van der Waals surface area contributed by atoms with Crippen LogP contribution >= 0.6 is 47.0 Å². The van der Waals surface area contributed by atoms with Gasteiger partial charge in [0.15, 0.2) is 0 Å². The van der Waals surface area contributed by atoms with Gasteiger partial charge in [0.05, 0.1) is 20.4 Å². The lowest BCUT2D eigenvalue weighted by Crippen LogP contribution is -2.27. The molecule has 3 aliphatic rings. The fourth-order valence-corrected chi connectivity index (χ4v) is 9.90. The number of carbonyl (C=O) groups is 2. The number of thioether (sulfide) groups is 4. The van der Waals surface area contributed by atoms with Gasteiger partial charge in [0.25, 0.3) is 0 Å². The number of hydrogen-bond acceptors (Lipinski definition) is 8. The zero-order valence-corrected chi connectivity index (χ0v) is 21.1. The molecule has 30 heavy (non-hydrogen) atoms. The van der Waals surface area contributed by atoms with Gasteiger partial charge in [0.2, 0.25) is 0 Å². The standard InChI is InChI=1S/C22H32O4S4/c1-17-5-9-21(27-13-3-14-28-21)12-8-20(24)26-18(2)6-10-22(11-7-19(23)25-17)29-15-4-16-30-22/h7-8,11-12,17-18H,3-6,9-10,13-16H2,1-2H3/b11-7+,12-8+. The highest BCUT2D eigenvalue weighted by molar-refractivity contribution is 8.19. The highest BCUT2D eigenvalue weighted by Crippen LogP contribution is 2.48. The second-order valence-corrected chi connectivity index (χ2v) is 14.2. The van der Waals surface area contributed by atoms with Gasteiger partial charge in [-0.25, -0.2) is 9.59 Å². The molecule has 0 radical (unpaired) electrons. The maximum Gasteiger partial charge on any atom is 0.330 e. The molecule has 0 saturated carbocycles. The van der Waals surface area contributed by atoms with Crippen molar-refractivity contribution >= 4 is 59.0 Å². The third-order valence-corrected chi connectivity index (χ3v) is 12.0. The molecule has 0 bridgehead atoms. The maximum atomic E-state index is 12.5. The van der Waals surface area contributed by atoms with E-state index >= 15 is 0 Å². The largest absolute Gasteiger partial charge is 0.460 e. The summed E-state index contributed by atoms with van der Waals surface area (Å²) in [6.07, 6.45) is 12.6. The molecule has 3 aliphatic heterocycles. The Morgan fingerprint density at radius 2 is 1.10 bits per heavy atom. The molecule has 0 amide bonds. The molecule has 8 heteroatoms. The normalized spacial score (nSPS) is 32.9. The number of esters is 2. The Morgan fingerprint density at radius 1 is 0.733 bits per heavy atom. The van der Waals surface area contributed by atoms with Crippen LogP contribution in [0.25, 0.3) is 0 Å². The predicted molar refractivity (Wildman–Crippen MR) is 132 cm³/mol. The monoisotopic (exact) mass is 488 g/mol. The minimum Gasteiger partial charge on any atom is -0.460 e. The van der Waals surface area contributed by atoms with E-state index in [0.717, 1.165) is 48.7 Å². The Balaban J connectivity index is 1.76. The molecule has 3 rings (SSSR count). The zero-order valence-electron chi connectivity index (χ0n) is 17.8. The minimum atomic E-state index is -0.256. The Morgan fingerprint density at radius 3 is 1.47 bits per heavy atom. The van der Waals surface area contributed by atoms with Crippen LogP contribution in [0.1, 0.15) is 52.4 Å². The molecular weight excluding hydrogens is 457 g/mol. The summed E-state index contributed by atoms with van der Waals surface area (Å²) in [6, 6.07) is 0. The van der Waals surface area contributed by atoms with Gasteiger partial charge >= 0.3 is 11.9 Å². The van der Waals surface area contributed by atoms with Gasteiger partial charge in [-0.2, -0.15) is 0 Å². The third kappa shape index (κ3) is 7.45. The SMILES string of the molecule is CC1CCC2(/C=C/C(=O)OC(C)CCC3(/C=C/C(=O)O1)SCCCS3)SCCCS2. The summed E-state index contributed by atoms with van der Waals surface area (Å²) < 4.78 is 11.1. The van der Waals surface area contributed by atoms with Crippen LogP contribution < -0.4 is 0 Å². The summed E-state index contributed by atoms with van der Waals surface area (Å²) in [5, 5.41) is 0. The molecule has 2 atom stereocenters. The Bertz CT molecular complexity index is 596. The van der Waals surface area contributed by atoms with Crippen LogP contribution in [0, 0.1) is 0 Å². The highest BCUT2D eigenvalue weighted by atomic mass is 32.2. The van der Waals surface area contributed by atoms with Crippen LogP contribution in [0.4, 0.5) is 0 Å². The van der Waals surface area contributed by atoms with E-state index in [4.69, 9.17) is 9.47 Å². The lowest BCUT2D eigenvalue weighted by atomic mass is 10.1.